The second-order valence-electron chi connectivity index (χ2n) is 2.55. The number of hydrogen-bond donors (Lipinski definition) is 1. The Morgan fingerprint density at radius 3 is 2.60 bits per heavy atom. The highest BCUT2D eigenvalue weighted by Gasteiger charge is 2.24. The SMILES string of the molecule is O=[N+]([O-])c1cc(C(F)F)c(CO)c(F)n1. The van der Waals surface area contributed by atoms with Gasteiger partial charge in [-0.25, -0.2) is 8.78 Å². The zero-order valence-corrected chi connectivity index (χ0v) is 7.15. The Morgan fingerprint density at radius 1 is 1.60 bits per heavy atom. The molecule has 0 aromatic carbocycles. The number of aliphatic hydroxyl groups is 1. The van der Waals surface area contributed by atoms with Crippen molar-refractivity contribution in [2.75, 3.05) is 0 Å². The third kappa shape index (κ3) is 2.21. The van der Waals surface area contributed by atoms with E-state index in [-0.39, 0.29) is 0 Å². The first-order valence-electron chi connectivity index (χ1n) is 3.70. The van der Waals surface area contributed by atoms with Gasteiger partial charge in [0.1, 0.15) is 0 Å². The van der Waals surface area contributed by atoms with E-state index in [4.69, 9.17) is 5.11 Å². The molecule has 82 valence electrons. The molecular weight excluding hydrogens is 217 g/mol. The van der Waals surface area contributed by atoms with Crippen molar-refractivity contribution in [2.24, 2.45) is 0 Å². The van der Waals surface area contributed by atoms with Gasteiger partial charge in [-0.2, -0.15) is 4.39 Å². The standard InChI is InChI=1S/C7H5F3N2O3/c8-6(9)3-1-5(12(14)15)11-7(10)4(3)2-13/h1,6,13H,2H2. The molecule has 15 heavy (non-hydrogen) atoms. The molecule has 8 heteroatoms. The zero-order valence-electron chi connectivity index (χ0n) is 7.15. The van der Waals surface area contributed by atoms with Gasteiger partial charge in [-0.1, -0.05) is 0 Å². The molecule has 0 unspecified atom stereocenters. The Labute approximate surface area is 81.3 Å². The van der Waals surface area contributed by atoms with E-state index in [1.54, 1.807) is 0 Å². The van der Waals surface area contributed by atoms with E-state index in [1.807, 2.05) is 0 Å². The minimum absolute atomic E-state index is 0.444. The summed E-state index contributed by atoms with van der Waals surface area (Å²) in [6, 6.07) is 0.444. The van der Waals surface area contributed by atoms with Crippen molar-refractivity contribution in [3.05, 3.63) is 33.3 Å². The van der Waals surface area contributed by atoms with Gasteiger partial charge in [0.15, 0.2) is 0 Å². The number of alkyl halides is 2. The molecule has 1 heterocycles. The number of pyridine rings is 1. The van der Waals surface area contributed by atoms with Crippen molar-refractivity contribution in [2.45, 2.75) is 13.0 Å². The third-order valence-corrected chi connectivity index (χ3v) is 1.68. The van der Waals surface area contributed by atoms with E-state index in [0.717, 1.165) is 0 Å². The molecule has 0 radical (unpaired) electrons. The Hall–Kier alpha value is -1.70. The highest BCUT2D eigenvalue weighted by Crippen LogP contribution is 2.27. The smallest absolute Gasteiger partial charge is 0.367 e. The summed E-state index contributed by atoms with van der Waals surface area (Å²) in [6.07, 6.45) is -3.11. The quantitative estimate of drug-likeness (QED) is 0.478. The monoisotopic (exact) mass is 222 g/mol. The van der Waals surface area contributed by atoms with Crippen molar-refractivity contribution < 1.29 is 23.2 Å². The molecule has 1 aromatic rings. The van der Waals surface area contributed by atoms with Crippen LogP contribution in [-0.2, 0) is 6.61 Å². The maximum atomic E-state index is 12.9. The minimum atomic E-state index is -3.11. The summed E-state index contributed by atoms with van der Waals surface area (Å²) >= 11 is 0. The van der Waals surface area contributed by atoms with E-state index < -0.39 is 40.8 Å². The van der Waals surface area contributed by atoms with Crippen LogP contribution in [0.15, 0.2) is 6.07 Å². The molecule has 0 fully saturated rings. The molecule has 1 rings (SSSR count). The predicted molar refractivity (Wildman–Crippen MR) is 41.7 cm³/mol. The highest BCUT2D eigenvalue weighted by atomic mass is 19.3. The number of aliphatic hydroxyl groups excluding tert-OH is 1. The molecule has 0 saturated carbocycles. The molecule has 1 N–H and O–H groups in total. The van der Waals surface area contributed by atoms with Gasteiger partial charge in [-0.15, -0.1) is 0 Å². The van der Waals surface area contributed by atoms with Gasteiger partial charge in [-0.05, 0) is 9.91 Å². The van der Waals surface area contributed by atoms with Gasteiger partial charge in [0.25, 0.3) is 6.43 Å². The fourth-order valence-electron chi connectivity index (χ4n) is 0.990. The lowest BCUT2D eigenvalue weighted by Crippen LogP contribution is -2.04. The molecule has 0 aliphatic heterocycles. The van der Waals surface area contributed by atoms with Gasteiger partial charge in [-0.3, -0.25) is 0 Å². The second-order valence-corrected chi connectivity index (χ2v) is 2.55. The minimum Gasteiger partial charge on any atom is -0.391 e. The topological polar surface area (TPSA) is 76.3 Å². The summed E-state index contributed by atoms with van der Waals surface area (Å²) in [4.78, 5) is 11.9. The number of hydrogen-bond acceptors (Lipinski definition) is 4. The van der Waals surface area contributed by atoms with Crippen molar-refractivity contribution >= 4 is 5.82 Å². The van der Waals surface area contributed by atoms with E-state index >= 15 is 0 Å². The number of rotatable bonds is 3. The molecule has 0 aliphatic carbocycles. The summed E-state index contributed by atoms with van der Waals surface area (Å²) in [5.74, 6) is -2.47. The van der Waals surface area contributed by atoms with Crippen LogP contribution in [0, 0.1) is 16.1 Å². The molecule has 1 aromatic heterocycles. The summed E-state index contributed by atoms with van der Waals surface area (Å²) in [5.41, 5.74) is -1.65. The van der Waals surface area contributed by atoms with Crippen LogP contribution in [-0.4, -0.2) is 15.0 Å². The molecule has 0 atom stereocenters. The van der Waals surface area contributed by atoms with Gasteiger partial charge in [0.05, 0.1) is 12.2 Å². The van der Waals surface area contributed by atoms with Gasteiger partial charge in [0.2, 0.25) is 0 Å². The van der Waals surface area contributed by atoms with Gasteiger partial charge >= 0.3 is 11.8 Å². The highest BCUT2D eigenvalue weighted by molar-refractivity contribution is 5.34. The maximum absolute atomic E-state index is 12.9. The average molecular weight is 222 g/mol. The van der Waals surface area contributed by atoms with Crippen molar-refractivity contribution in [1.29, 1.82) is 0 Å². The average Bonchev–Trinajstić information content (AvgIpc) is 2.16. The van der Waals surface area contributed by atoms with Crippen LogP contribution in [0.1, 0.15) is 17.6 Å². The van der Waals surface area contributed by atoms with Crippen LogP contribution in [0.5, 0.6) is 0 Å². The first-order chi connectivity index (χ1) is 6.97. The molecule has 0 spiro atoms. The van der Waals surface area contributed by atoms with Crippen molar-refractivity contribution in [1.82, 2.24) is 4.98 Å². The first kappa shape index (κ1) is 11.4. The van der Waals surface area contributed by atoms with E-state index in [1.165, 1.54) is 0 Å². The molecule has 0 aliphatic rings. The van der Waals surface area contributed by atoms with Crippen LogP contribution in [0.3, 0.4) is 0 Å². The lowest BCUT2D eigenvalue weighted by atomic mass is 10.1. The third-order valence-electron chi connectivity index (χ3n) is 1.68. The summed E-state index contributed by atoms with van der Waals surface area (Å²) in [7, 11) is 0. The number of nitrogens with zero attached hydrogens (tertiary/aromatic N) is 2. The second kappa shape index (κ2) is 4.22. The predicted octanol–water partition coefficient (Wildman–Crippen LogP) is 1.56. The van der Waals surface area contributed by atoms with Crippen LogP contribution in [0.4, 0.5) is 19.0 Å². The lowest BCUT2D eigenvalue weighted by Gasteiger charge is -2.04. The summed E-state index contributed by atoms with van der Waals surface area (Å²) < 4.78 is 37.5. The molecule has 0 bridgehead atoms. The normalized spacial score (nSPS) is 10.7. The van der Waals surface area contributed by atoms with Crippen LogP contribution >= 0.6 is 0 Å². The lowest BCUT2D eigenvalue weighted by molar-refractivity contribution is -0.390. The Bertz CT molecular complexity index is 397. The zero-order chi connectivity index (χ0) is 11.6. The summed E-state index contributed by atoms with van der Waals surface area (Å²) in [5, 5.41) is 18.8. The largest absolute Gasteiger partial charge is 0.391 e. The van der Waals surface area contributed by atoms with Crippen LogP contribution in [0.25, 0.3) is 0 Å². The molecule has 0 amide bonds. The molecule has 0 saturated heterocycles. The van der Waals surface area contributed by atoms with Gasteiger partial charge in [0, 0.05) is 11.6 Å². The molecular formula is C7H5F3N2O3. The van der Waals surface area contributed by atoms with E-state index in [2.05, 4.69) is 4.98 Å². The Kier molecular flexibility index (Phi) is 3.20. The van der Waals surface area contributed by atoms with E-state index in [0.29, 0.717) is 6.07 Å². The van der Waals surface area contributed by atoms with Crippen LogP contribution in [0.2, 0.25) is 0 Å². The fraction of sp³-hybridized carbons (Fsp3) is 0.286. The maximum Gasteiger partial charge on any atom is 0.367 e. The first-order valence-corrected chi connectivity index (χ1v) is 3.70. The Morgan fingerprint density at radius 2 is 2.20 bits per heavy atom. The number of halogens is 3. The number of aromatic nitrogens is 1. The number of nitro groups is 1. The summed E-state index contributed by atoms with van der Waals surface area (Å²) in [6.45, 7) is -0.990. The van der Waals surface area contributed by atoms with Crippen LogP contribution < -0.4 is 0 Å². The Balaban J connectivity index is 3.38. The van der Waals surface area contributed by atoms with Gasteiger partial charge < -0.3 is 15.2 Å². The fourth-order valence-corrected chi connectivity index (χ4v) is 0.990. The van der Waals surface area contributed by atoms with Crippen molar-refractivity contribution in [3.8, 4) is 0 Å². The molecule has 5 nitrogen and oxygen atoms in total. The van der Waals surface area contributed by atoms with E-state index in [9.17, 15) is 23.3 Å². The van der Waals surface area contributed by atoms with Crippen molar-refractivity contribution in [3.63, 3.8) is 0 Å².